The average Bonchev–Trinajstić information content (AvgIpc) is 2.54. The van der Waals surface area contributed by atoms with E-state index in [0.717, 1.165) is 16.3 Å². The van der Waals surface area contributed by atoms with Gasteiger partial charge in [0.15, 0.2) is 5.78 Å². The normalized spacial score (nSPS) is 18.4. The van der Waals surface area contributed by atoms with Crippen molar-refractivity contribution in [3.63, 3.8) is 0 Å². The quantitative estimate of drug-likeness (QED) is 0.935. The van der Waals surface area contributed by atoms with E-state index in [-0.39, 0.29) is 12.2 Å². The molecule has 1 saturated heterocycles. The molecule has 0 saturated carbocycles. The van der Waals surface area contributed by atoms with Gasteiger partial charge in [-0.05, 0) is 16.3 Å². The molecule has 1 fully saturated rings. The highest BCUT2D eigenvalue weighted by molar-refractivity contribution is 5.91. The molecule has 3 rings (SSSR count). The largest absolute Gasteiger partial charge is 0.336 e. The number of Topliss-reactive ketones (excluding diaryl/α,β-unsaturated/α-hetero) is 1. The molecule has 0 aromatic heterocycles. The Bertz CT molecular complexity index is 714. The average molecular weight is 296 g/mol. The van der Waals surface area contributed by atoms with E-state index in [1.165, 1.54) is 4.90 Å². The van der Waals surface area contributed by atoms with E-state index < -0.39 is 12.1 Å². The molecular weight excluding hydrogens is 278 g/mol. The van der Waals surface area contributed by atoms with Gasteiger partial charge in [0.05, 0.1) is 0 Å². The lowest BCUT2D eigenvalue weighted by atomic mass is 9.99. The highest BCUT2D eigenvalue weighted by Crippen LogP contribution is 2.17. The predicted molar refractivity (Wildman–Crippen MR) is 84.5 cm³/mol. The zero-order chi connectivity index (χ0) is 15.5. The van der Waals surface area contributed by atoms with E-state index in [0.29, 0.717) is 19.6 Å². The van der Waals surface area contributed by atoms with Crippen LogP contribution in [0.5, 0.6) is 0 Å². The topological polar surface area (TPSA) is 73.2 Å². The number of amides is 2. The Morgan fingerprint density at radius 1 is 1.18 bits per heavy atom. The number of ketones is 1. The maximum Gasteiger partial charge on any atom is 0.336 e. The Balaban J connectivity index is 1.78. The van der Waals surface area contributed by atoms with Crippen molar-refractivity contribution < 1.29 is 9.59 Å². The molecule has 2 amide bonds. The van der Waals surface area contributed by atoms with Gasteiger partial charge in [0, 0.05) is 26.1 Å². The summed E-state index contributed by atoms with van der Waals surface area (Å²) in [7, 11) is 0. The third-order valence-corrected chi connectivity index (χ3v) is 4.07. The van der Waals surface area contributed by atoms with Gasteiger partial charge in [0.1, 0.15) is 6.04 Å². The first-order valence-electron chi connectivity index (χ1n) is 7.38. The third kappa shape index (κ3) is 2.94. The van der Waals surface area contributed by atoms with Gasteiger partial charge in [0.2, 0.25) is 0 Å². The number of rotatable bonds is 3. The minimum Gasteiger partial charge on any atom is -0.312 e. The summed E-state index contributed by atoms with van der Waals surface area (Å²) >= 11 is 0. The number of urea groups is 1. The van der Waals surface area contributed by atoms with Crippen LogP contribution in [0.2, 0.25) is 0 Å². The Morgan fingerprint density at radius 2 is 1.95 bits per heavy atom. The molecule has 2 aromatic carbocycles. The number of hydrogen-bond donors (Lipinski definition) is 1. The summed E-state index contributed by atoms with van der Waals surface area (Å²) in [4.78, 5) is 25.2. The number of nitrogens with one attached hydrogen (secondary N) is 2. The first kappa shape index (κ1) is 14.5. The van der Waals surface area contributed by atoms with E-state index in [9.17, 15) is 9.59 Å². The molecule has 2 aromatic rings. The first-order chi connectivity index (χ1) is 10.6. The van der Waals surface area contributed by atoms with Crippen LogP contribution in [0.15, 0.2) is 42.5 Å². The summed E-state index contributed by atoms with van der Waals surface area (Å²) in [6.45, 7) is 1.47. The van der Waals surface area contributed by atoms with Crippen molar-refractivity contribution in [1.29, 1.82) is 0 Å². The molecule has 0 bridgehead atoms. The van der Waals surface area contributed by atoms with Crippen molar-refractivity contribution in [1.82, 2.24) is 16.0 Å². The van der Waals surface area contributed by atoms with Crippen LogP contribution >= 0.6 is 0 Å². The Labute approximate surface area is 129 Å². The number of fused-ring (bicyclic) bond motifs is 1. The molecular formula is C17H18N3O2. The van der Waals surface area contributed by atoms with Gasteiger partial charge >= 0.3 is 6.03 Å². The van der Waals surface area contributed by atoms with Crippen molar-refractivity contribution in [2.24, 2.45) is 0 Å². The molecule has 1 radical (unpaired) electrons. The van der Waals surface area contributed by atoms with Crippen LogP contribution in [0.4, 0.5) is 4.79 Å². The molecule has 0 aliphatic carbocycles. The molecule has 1 heterocycles. The Morgan fingerprint density at radius 3 is 2.73 bits per heavy atom. The van der Waals surface area contributed by atoms with Gasteiger partial charge in [-0.3, -0.25) is 4.79 Å². The van der Waals surface area contributed by atoms with Crippen LogP contribution in [0.1, 0.15) is 5.56 Å². The molecule has 2 N–H and O–H groups in total. The van der Waals surface area contributed by atoms with Gasteiger partial charge in [-0.1, -0.05) is 42.5 Å². The smallest absolute Gasteiger partial charge is 0.312 e. The zero-order valence-electron chi connectivity index (χ0n) is 12.2. The van der Waals surface area contributed by atoms with Gasteiger partial charge in [-0.2, -0.15) is 0 Å². The van der Waals surface area contributed by atoms with Crippen LogP contribution in [-0.2, 0) is 11.2 Å². The van der Waals surface area contributed by atoms with E-state index in [4.69, 9.17) is 5.73 Å². The van der Waals surface area contributed by atoms with Gasteiger partial charge in [0.25, 0.3) is 0 Å². The minimum absolute atomic E-state index is 0.0249. The van der Waals surface area contributed by atoms with Gasteiger partial charge in [-0.15, -0.1) is 0 Å². The van der Waals surface area contributed by atoms with E-state index >= 15 is 0 Å². The first-order valence-corrected chi connectivity index (χ1v) is 7.38. The van der Waals surface area contributed by atoms with Crippen LogP contribution in [0.3, 0.4) is 0 Å². The molecule has 22 heavy (non-hydrogen) atoms. The summed E-state index contributed by atoms with van der Waals surface area (Å²) < 4.78 is 0. The lowest BCUT2D eigenvalue weighted by Gasteiger charge is -2.33. The highest BCUT2D eigenvalue weighted by Gasteiger charge is 2.30. The van der Waals surface area contributed by atoms with Crippen molar-refractivity contribution in [3.05, 3.63) is 48.0 Å². The number of hydrogen-bond acceptors (Lipinski definition) is 3. The third-order valence-electron chi connectivity index (χ3n) is 4.07. The Kier molecular flexibility index (Phi) is 4.06. The summed E-state index contributed by atoms with van der Waals surface area (Å²) in [6, 6.07) is 12.7. The van der Waals surface area contributed by atoms with Crippen molar-refractivity contribution in [3.8, 4) is 0 Å². The molecule has 1 aliphatic heterocycles. The number of carbonyl (C=O) groups excluding carboxylic acids is 2. The van der Waals surface area contributed by atoms with Crippen LogP contribution in [-0.4, -0.2) is 42.4 Å². The molecule has 5 heteroatoms. The molecule has 5 nitrogen and oxygen atoms in total. The second-order valence-electron chi connectivity index (χ2n) is 5.54. The SMILES string of the molecule is [NH]C(=O)N1CCNCC1C(=O)Cc1ccc2ccccc2c1. The zero-order valence-corrected chi connectivity index (χ0v) is 12.2. The summed E-state index contributed by atoms with van der Waals surface area (Å²) in [6.07, 6.45) is 0.279. The van der Waals surface area contributed by atoms with Gasteiger partial charge < -0.3 is 10.2 Å². The highest BCUT2D eigenvalue weighted by atomic mass is 16.2. The van der Waals surface area contributed by atoms with E-state index in [1.54, 1.807) is 0 Å². The molecule has 113 valence electrons. The van der Waals surface area contributed by atoms with Crippen molar-refractivity contribution >= 4 is 22.6 Å². The predicted octanol–water partition coefficient (Wildman–Crippen LogP) is 1.63. The Hall–Kier alpha value is -2.40. The second-order valence-corrected chi connectivity index (χ2v) is 5.54. The summed E-state index contributed by atoms with van der Waals surface area (Å²) in [5.74, 6) is -0.0249. The van der Waals surface area contributed by atoms with Gasteiger partial charge in [-0.25, -0.2) is 10.5 Å². The maximum absolute atomic E-state index is 12.5. The van der Waals surface area contributed by atoms with E-state index in [1.807, 2.05) is 42.5 Å². The lowest BCUT2D eigenvalue weighted by molar-refractivity contribution is -0.123. The monoisotopic (exact) mass is 296 g/mol. The fourth-order valence-electron chi connectivity index (χ4n) is 2.90. The number of carbonyl (C=O) groups is 2. The van der Waals surface area contributed by atoms with Crippen LogP contribution < -0.4 is 11.1 Å². The fraction of sp³-hybridized carbons (Fsp3) is 0.294. The summed E-state index contributed by atoms with van der Waals surface area (Å²) in [5.41, 5.74) is 8.23. The molecule has 1 unspecified atom stereocenters. The van der Waals surface area contributed by atoms with Crippen LogP contribution in [0, 0.1) is 0 Å². The number of piperazine rings is 1. The van der Waals surface area contributed by atoms with Crippen LogP contribution in [0.25, 0.3) is 10.8 Å². The number of benzene rings is 2. The lowest BCUT2D eigenvalue weighted by Crippen LogP contribution is -2.57. The van der Waals surface area contributed by atoms with Crippen molar-refractivity contribution in [2.75, 3.05) is 19.6 Å². The minimum atomic E-state index is -0.779. The molecule has 0 spiro atoms. The summed E-state index contributed by atoms with van der Waals surface area (Å²) in [5, 5.41) is 5.36. The number of nitrogens with zero attached hydrogens (tertiary/aromatic N) is 1. The van der Waals surface area contributed by atoms with Crippen molar-refractivity contribution in [2.45, 2.75) is 12.5 Å². The molecule has 1 aliphatic rings. The molecule has 1 atom stereocenters. The standard InChI is InChI=1S/C17H18N3O2/c18-17(22)20-8-7-19-11-15(20)16(21)10-12-5-6-13-3-1-2-4-14(13)9-12/h1-6,9,15,18-19H,7-8,10-11H2. The second kappa shape index (κ2) is 6.15. The van der Waals surface area contributed by atoms with E-state index in [2.05, 4.69) is 5.32 Å². The fourth-order valence-corrected chi connectivity index (χ4v) is 2.90. The maximum atomic E-state index is 12.5.